The highest BCUT2D eigenvalue weighted by Gasteiger charge is 2.18. The summed E-state index contributed by atoms with van der Waals surface area (Å²) < 4.78 is 0. The van der Waals surface area contributed by atoms with E-state index in [1.165, 1.54) is 25.7 Å². The molecule has 2 rings (SSSR count). The molecular formula is C10H18N6S. The predicted molar refractivity (Wildman–Crippen MR) is 70.1 cm³/mol. The summed E-state index contributed by atoms with van der Waals surface area (Å²) in [5.41, 5.74) is 2.49. The SMILES string of the molecule is CN(C)c1nc(NN)nc(SC2CCCC2)n1. The third-order valence-electron chi connectivity index (χ3n) is 2.71. The molecule has 0 amide bonds. The molecule has 1 fully saturated rings. The van der Waals surface area contributed by atoms with Gasteiger partial charge in [-0.15, -0.1) is 0 Å². The molecule has 7 heteroatoms. The second-order valence-corrected chi connectivity index (χ2v) is 5.57. The van der Waals surface area contributed by atoms with Gasteiger partial charge in [-0.3, -0.25) is 5.43 Å². The van der Waals surface area contributed by atoms with Crippen LogP contribution in [-0.4, -0.2) is 34.3 Å². The van der Waals surface area contributed by atoms with E-state index in [9.17, 15) is 0 Å². The van der Waals surface area contributed by atoms with Gasteiger partial charge in [0.05, 0.1) is 0 Å². The second kappa shape index (κ2) is 5.50. The molecule has 0 aromatic carbocycles. The van der Waals surface area contributed by atoms with E-state index in [2.05, 4.69) is 20.4 Å². The summed E-state index contributed by atoms with van der Waals surface area (Å²) in [7, 11) is 3.80. The molecule has 1 saturated carbocycles. The monoisotopic (exact) mass is 254 g/mol. The molecule has 0 bridgehead atoms. The van der Waals surface area contributed by atoms with Gasteiger partial charge in [-0.05, 0) is 12.8 Å². The highest BCUT2D eigenvalue weighted by molar-refractivity contribution is 7.99. The fourth-order valence-corrected chi connectivity index (χ4v) is 2.96. The maximum absolute atomic E-state index is 5.37. The lowest BCUT2D eigenvalue weighted by Crippen LogP contribution is -2.18. The number of anilines is 2. The van der Waals surface area contributed by atoms with E-state index in [0.717, 1.165) is 5.16 Å². The van der Waals surface area contributed by atoms with Gasteiger partial charge in [0.15, 0.2) is 5.16 Å². The zero-order valence-electron chi connectivity index (χ0n) is 10.2. The summed E-state index contributed by atoms with van der Waals surface area (Å²) in [5, 5.41) is 1.39. The first-order valence-electron chi connectivity index (χ1n) is 5.75. The highest BCUT2D eigenvalue weighted by atomic mass is 32.2. The molecule has 1 heterocycles. The number of rotatable bonds is 4. The number of hydrogen-bond acceptors (Lipinski definition) is 7. The van der Waals surface area contributed by atoms with Gasteiger partial charge in [-0.2, -0.15) is 15.0 Å². The molecular weight excluding hydrogens is 236 g/mol. The normalized spacial score (nSPS) is 16.2. The van der Waals surface area contributed by atoms with Gasteiger partial charge < -0.3 is 4.90 Å². The molecule has 1 aliphatic carbocycles. The molecule has 0 aliphatic heterocycles. The maximum Gasteiger partial charge on any atom is 0.242 e. The van der Waals surface area contributed by atoms with E-state index in [4.69, 9.17) is 5.84 Å². The fourth-order valence-electron chi connectivity index (χ4n) is 1.82. The quantitative estimate of drug-likeness (QED) is 0.618. The molecule has 3 N–H and O–H groups in total. The second-order valence-electron chi connectivity index (χ2n) is 4.30. The number of aromatic nitrogens is 3. The number of hydrogen-bond donors (Lipinski definition) is 2. The first-order chi connectivity index (χ1) is 8.19. The third-order valence-corrected chi connectivity index (χ3v) is 3.90. The van der Waals surface area contributed by atoms with Crippen molar-refractivity contribution in [2.75, 3.05) is 24.4 Å². The van der Waals surface area contributed by atoms with Crippen LogP contribution in [-0.2, 0) is 0 Å². The molecule has 0 saturated heterocycles. The Morgan fingerprint density at radius 3 is 2.53 bits per heavy atom. The van der Waals surface area contributed by atoms with E-state index < -0.39 is 0 Å². The molecule has 0 unspecified atom stereocenters. The predicted octanol–water partition coefficient (Wildman–Crippen LogP) is 1.26. The summed E-state index contributed by atoms with van der Waals surface area (Å²) >= 11 is 1.73. The zero-order valence-corrected chi connectivity index (χ0v) is 11.0. The van der Waals surface area contributed by atoms with Crippen molar-refractivity contribution in [1.29, 1.82) is 0 Å². The van der Waals surface area contributed by atoms with Gasteiger partial charge in [0.25, 0.3) is 0 Å². The van der Waals surface area contributed by atoms with Crippen LogP contribution in [0.15, 0.2) is 5.16 Å². The average molecular weight is 254 g/mol. The molecule has 0 radical (unpaired) electrons. The Morgan fingerprint density at radius 1 is 1.24 bits per heavy atom. The van der Waals surface area contributed by atoms with E-state index in [1.54, 1.807) is 11.8 Å². The van der Waals surface area contributed by atoms with Crippen molar-refractivity contribution >= 4 is 23.7 Å². The average Bonchev–Trinajstić information content (AvgIpc) is 2.81. The van der Waals surface area contributed by atoms with Crippen molar-refractivity contribution in [1.82, 2.24) is 15.0 Å². The van der Waals surface area contributed by atoms with Gasteiger partial charge in [0, 0.05) is 19.3 Å². The zero-order chi connectivity index (χ0) is 12.3. The Hall–Kier alpha value is -1.08. The lowest BCUT2D eigenvalue weighted by atomic mass is 10.4. The molecule has 1 aromatic heterocycles. The van der Waals surface area contributed by atoms with Crippen molar-refractivity contribution in [2.24, 2.45) is 5.84 Å². The maximum atomic E-state index is 5.37. The third kappa shape index (κ3) is 3.19. The molecule has 0 spiro atoms. The first kappa shape index (κ1) is 12.4. The van der Waals surface area contributed by atoms with Crippen molar-refractivity contribution < 1.29 is 0 Å². The lowest BCUT2D eigenvalue weighted by Gasteiger charge is -2.13. The van der Waals surface area contributed by atoms with Crippen LogP contribution in [0.25, 0.3) is 0 Å². The Bertz CT molecular complexity index is 377. The molecule has 1 aliphatic rings. The van der Waals surface area contributed by atoms with Crippen LogP contribution in [0.4, 0.5) is 11.9 Å². The molecule has 17 heavy (non-hydrogen) atoms. The van der Waals surface area contributed by atoms with Crippen molar-refractivity contribution in [2.45, 2.75) is 36.1 Å². The smallest absolute Gasteiger partial charge is 0.242 e. The van der Waals surface area contributed by atoms with Crippen LogP contribution in [0.3, 0.4) is 0 Å². The lowest BCUT2D eigenvalue weighted by molar-refractivity contribution is 0.846. The van der Waals surface area contributed by atoms with Gasteiger partial charge in [-0.25, -0.2) is 5.84 Å². The van der Waals surface area contributed by atoms with Crippen LogP contribution in [0.2, 0.25) is 0 Å². The summed E-state index contributed by atoms with van der Waals surface area (Å²) in [6.07, 6.45) is 5.12. The topological polar surface area (TPSA) is 80.0 Å². The van der Waals surface area contributed by atoms with E-state index >= 15 is 0 Å². The van der Waals surface area contributed by atoms with Crippen LogP contribution < -0.4 is 16.2 Å². The highest BCUT2D eigenvalue weighted by Crippen LogP contribution is 2.33. The summed E-state index contributed by atoms with van der Waals surface area (Å²) in [6, 6.07) is 0. The molecule has 0 atom stereocenters. The molecule has 1 aromatic rings. The van der Waals surface area contributed by atoms with E-state index in [-0.39, 0.29) is 0 Å². The molecule has 6 nitrogen and oxygen atoms in total. The van der Waals surface area contributed by atoms with Gasteiger partial charge in [-0.1, -0.05) is 24.6 Å². The van der Waals surface area contributed by atoms with Gasteiger partial charge in [0.1, 0.15) is 0 Å². The summed E-state index contributed by atoms with van der Waals surface area (Å²) in [4.78, 5) is 14.7. The summed E-state index contributed by atoms with van der Waals surface area (Å²) in [5.74, 6) is 6.42. The van der Waals surface area contributed by atoms with E-state index in [0.29, 0.717) is 17.1 Å². The largest absolute Gasteiger partial charge is 0.347 e. The van der Waals surface area contributed by atoms with Crippen molar-refractivity contribution in [3.05, 3.63) is 0 Å². The van der Waals surface area contributed by atoms with Gasteiger partial charge >= 0.3 is 0 Å². The number of nitrogens with two attached hydrogens (primary N) is 1. The number of nitrogen functional groups attached to an aromatic ring is 1. The minimum absolute atomic E-state index is 0.421. The Kier molecular flexibility index (Phi) is 4.01. The molecule has 94 valence electrons. The number of nitrogens with one attached hydrogen (secondary N) is 1. The Labute approximate surface area is 105 Å². The number of nitrogens with zero attached hydrogens (tertiary/aromatic N) is 4. The standard InChI is InChI=1S/C10H18N6S/c1-16(2)9-12-8(15-11)13-10(14-9)17-7-5-3-4-6-7/h7H,3-6,11H2,1-2H3,(H,12,13,14,15). The fraction of sp³-hybridized carbons (Fsp3) is 0.700. The minimum atomic E-state index is 0.421. The van der Waals surface area contributed by atoms with Gasteiger partial charge in [0.2, 0.25) is 11.9 Å². The number of thioether (sulfide) groups is 1. The number of hydrazine groups is 1. The Balaban J connectivity index is 2.16. The van der Waals surface area contributed by atoms with Crippen LogP contribution in [0, 0.1) is 0 Å². The van der Waals surface area contributed by atoms with Crippen molar-refractivity contribution in [3.8, 4) is 0 Å². The van der Waals surface area contributed by atoms with Crippen molar-refractivity contribution in [3.63, 3.8) is 0 Å². The van der Waals surface area contributed by atoms with Crippen LogP contribution >= 0.6 is 11.8 Å². The first-order valence-corrected chi connectivity index (χ1v) is 6.63. The van der Waals surface area contributed by atoms with E-state index in [1.807, 2.05) is 19.0 Å². The van der Waals surface area contributed by atoms with Crippen LogP contribution in [0.1, 0.15) is 25.7 Å². The van der Waals surface area contributed by atoms with Crippen LogP contribution in [0.5, 0.6) is 0 Å². The summed E-state index contributed by atoms with van der Waals surface area (Å²) in [6.45, 7) is 0. The minimum Gasteiger partial charge on any atom is -0.347 e. The Morgan fingerprint density at radius 2 is 1.94 bits per heavy atom.